The third kappa shape index (κ3) is 13.2. The number of hydrogen-bond acceptors (Lipinski definition) is 13. The Kier molecular flexibility index (Phi) is 15.8. The van der Waals surface area contributed by atoms with E-state index in [0.717, 1.165) is 39.0 Å². The highest BCUT2D eigenvalue weighted by Gasteiger charge is 2.28. The summed E-state index contributed by atoms with van der Waals surface area (Å²) in [6.45, 7) is 0.00771. The second-order valence-corrected chi connectivity index (χ2v) is 11.6. The normalized spacial score (nSPS) is 15.7. The van der Waals surface area contributed by atoms with Crippen molar-refractivity contribution in [1.29, 1.82) is 0 Å². The van der Waals surface area contributed by atoms with Crippen molar-refractivity contribution in [2.45, 2.75) is 37.6 Å². The van der Waals surface area contributed by atoms with Crippen LogP contribution in [0, 0.1) is 0 Å². The quantitative estimate of drug-likeness (QED) is 0.0647. The lowest BCUT2D eigenvalue weighted by atomic mass is 10.1. The Morgan fingerprint density at radius 2 is 0.880 bits per heavy atom. The van der Waals surface area contributed by atoms with Crippen LogP contribution in [0.5, 0.6) is 0 Å². The van der Waals surface area contributed by atoms with Gasteiger partial charge < -0.3 is 30.6 Å². The number of nitrogens with zero attached hydrogens (tertiary/aromatic N) is 3. The molecule has 0 radical (unpaired) electrons. The summed E-state index contributed by atoms with van der Waals surface area (Å²) >= 11 is 0. The van der Waals surface area contributed by atoms with Crippen molar-refractivity contribution in [2.75, 3.05) is 72.4 Å². The van der Waals surface area contributed by atoms with Gasteiger partial charge >= 0.3 is 0 Å². The van der Waals surface area contributed by atoms with Crippen LogP contribution in [0.25, 0.3) is 0 Å². The first kappa shape index (κ1) is 39.5. The highest BCUT2D eigenvalue weighted by atomic mass is 16.5. The number of ketones is 1. The van der Waals surface area contributed by atoms with Gasteiger partial charge in [0.1, 0.15) is 5.78 Å². The summed E-state index contributed by atoms with van der Waals surface area (Å²) in [6, 6.07) is 0. The predicted molar refractivity (Wildman–Crippen MR) is 171 cm³/mol. The molecule has 0 unspecified atom stereocenters. The van der Waals surface area contributed by atoms with Gasteiger partial charge in [-0.3, -0.25) is 57.9 Å². The van der Waals surface area contributed by atoms with E-state index in [4.69, 9.17) is 19.9 Å². The van der Waals surface area contributed by atoms with Crippen LogP contribution in [-0.4, -0.2) is 146 Å². The molecule has 3 aliphatic rings. The van der Waals surface area contributed by atoms with E-state index in [1.54, 1.807) is 0 Å². The molecular weight excluding hydrogens is 660 g/mol. The Hall–Kier alpha value is -4.91. The van der Waals surface area contributed by atoms with Crippen LogP contribution in [0.2, 0.25) is 0 Å². The summed E-state index contributed by atoms with van der Waals surface area (Å²) in [5, 5.41) is 5.20. The lowest BCUT2D eigenvalue weighted by Gasteiger charge is -2.29. The Morgan fingerprint density at radius 3 is 1.26 bits per heavy atom. The van der Waals surface area contributed by atoms with Gasteiger partial charge in [-0.25, -0.2) is 0 Å². The van der Waals surface area contributed by atoms with Crippen LogP contribution < -0.4 is 16.4 Å². The number of Topliss-reactive ketones (excluding diaryl/α,β-unsaturated/α-hetero) is 1. The molecule has 0 aromatic rings. The number of ether oxygens (including phenoxy) is 3. The SMILES string of the molecule is NC(COCCC(=O)CCCN1C(=O)C=CC1=O)(COCCC(=O)NCCN1C(=O)C=CC1=O)COCCC(=O)NCCN1C(=O)C=CC1=O. The molecule has 18 heteroatoms. The minimum Gasteiger partial charge on any atom is -0.379 e. The second kappa shape index (κ2) is 19.9. The van der Waals surface area contributed by atoms with Crippen LogP contribution in [0.3, 0.4) is 0 Å². The van der Waals surface area contributed by atoms with Crippen molar-refractivity contribution in [2.24, 2.45) is 5.73 Å². The zero-order valence-corrected chi connectivity index (χ0v) is 27.6. The maximum absolute atomic E-state index is 12.3. The number of rotatable bonds is 25. The molecule has 0 fully saturated rings. The molecule has 0 aliphatic carbocycles. The van der Waals surface area contributed by atoms with Gasteiger partial charge in [-0.15, -0.1) is 0 Å². The van der Waals surface area contributed by atoms with Gasteiger partial charge in [0.25, 0.3) is 35.4 Å². The van der Waals surface area contributed by atoms with Crippen molar-refractivity contribution in [1.82, 2.24) is 25.3 Å². The fraction of sp³-hybridized carbons (Fsp3) is 0.531. The van der Waals surface area contributed by atoms with Crippen LogP contribution in [0.1, 0.15) is 32.1 Å². The molecule has 3 aliphatic heterocycles. The minimum absolute atomic E-state index is 0.0239. The molecule has 18 nitrogen and oxygen atoms in total. The van der Waals surface area contributed by atoms with E-state index in [1.165, 1.54) is 12.2 Å². The summed E-state index contributed by atoms with van der Waals surface area (Å²) in [5.41, 5.74) is 5.26. The second-order valence-electron chi connectivity index (χ2n) is 11.6. The highest BCUT2D eigenvalue weighted by molar-refractivity contribution is 6.14. The lowest BCUT2D eigenvalue weighted by Crippen LogP contribution is -2.53. The molecule has 0 aromatic heterocycles. The Bertz CT molecular complexity index is 1210. The Labute approximate surface area is 287 Å². The highest BCUT2D eigenvalue weighted by Crippen LogP contribution is 2.09. The van der Waals surface area contributed by atoms with Crippen molar-refractivity contribution < 1.29 is 57.4 Å². The first-order valence-electron chi connectivity index (χ1n) is 16.1. The van der Waals surface area contributed by atoms with E-state index < -0.39 is 41.0 Å². The maximum Gasteiger partial charge on any atom is 0.253 e. The first-order valence-corrected chi connectivity index (χ1v) is 16.1. The molecule has 0 spiro atoms. The smallest absolute Gasteiger partial charge is 0.253 e. The number of carbonyl (C=O) groups excluding carboxylic acids is 9. The van der Waals surface area contributed by atoms with Gasteiger partial charge in [-0.05, 0) is 6.42 Å². The number of imide groups is 3. The molecule has 0 bridgehead atoms. The molecule has 3 rings (SSSR count). The molecule has 0 saturated carbocycles. The third-order valence-corrected chi connectivity index (χ3v) is 7.49. The summed E-state index contributed by atoms with van der Waals surface area (Å²) in [5.74, 6) is -3.49. The van der Waals surface area contributed by atoms with E-state index in [1.807, 2.05) is 0 Å². The fourth-order valence-corrected chi connectivity index (χ4v) is 4.77. The largest absolute Gasteiger partial charge is 0.379 e. The molecule has 50 heavy (non-hydrogen) atoms. The summed E-state index contributed by atoms with van der Waals surface area (Å²) in [4.78, 5) is 109. The van der Waals surface area contributed by atoms with Crippen LogP contribution in [0.15, 0.2) is 36.5 Å². The predicted octanol–water partition coefficient (Wildman–Crippen LogP) is -2.74. The molecule has 0 saturated heterocycles. The van der Waals surface area contributed by atoms with Crippen LogP contribution >= 0.6 is 0 Å². The summed E-state index contributed by atoms with van der Waals surface area (Å²) in [6.07, 6.45) is 7.43. The van der Waals surface area contributed by atoms with Crippen molar-refractivity contribution in [3.8, 4) is 0 Å². The zero-order valence-electron chi connectivity index (χ0n) is 27.6. The van der Waals surface area contributed by atoms with Crippen LogP contribution in [0.4, 0.5) is 0 Å². The van der Waals surface area contributed by atoms with Gasteiger partial charge in [-0.1, -0.05) is 0 Å². The van der Waals surface area contributed by atoms with E-state index >= 15 is 0 Å². The number of amides is 8. The van der Waals surface area contributed by atoms with Gasteiger partial charge in [-0.2, -0.15) is 0 Å². The summed E-state index contributed by atoms with van der Waals surface area (Å²) in [7, 11) is 0. The average Bonchev–Trinajstić information content (AvgIpc) is 3.70. The van der Waals surface area contributed by atoms with Crippen LogP contribution in [-0.2, 0) is 57.4 Å². The van der Waals surface area contributed by atoms with Gasteiger partial charge in [0, 0.05) is 94.9 Å². The third-order valence-electron chi connectivity index (χ3n) is 7.49. The molecular formula is C32H42N6O12. The van der Waals surface area contributed by atoms with Crippen molar-refractivity contribution >= 4 is 53.0 Å². The monoisotopic (exact) mass is 702 g/mol. The van der Waals surface area contributed by atoms with Gasteiger partial charge in [0.2, 0.25) is 11.8 Å². The summed E-state index contributed by atoms with van der Waals surface area (Å²) < 4.78 is 16.9. The molecule has 0 atom stereocenters. The number of nitrogens with one attached hydrogen (secondary N) is 2. The van der Waals surface area contributed by atoms with Crippen molar-refractivity contribution in [3.05, 3.63) is 36.5 Å². The average molecular weight is 703 g/mol. The first-order chi connectivity index (χ1) is 23.9. The van der Waals surface area contributed by atoms with E-state index in [-0.39, 0.29) is 116 Å². The van der Waals surface area contributed by atoms with E-state index in [2.05, 4.69) is 10.6 Å². The molecule has 3 heterocycles. The lowest BCUT2D eigenvalue weighted by molar-refractivity contribution is -0.138. The molecule has 0 aromatic carbocycles. The minimum atomic E-state index is -1.23. The van der Waals surface area contributed by atoms with E-state index in [0.29, 0.717) is 6.42 Å². The fourth-order valence-electron chi connectivity index (χ4n) is 4.77. The van der Waals surface area contributed by atoms with Gasteiger partial charge in [0.05, 0.1) is 45.2 Å². The Morgan fingerprint density at radius 1 is 0.540 bits per heavy atom. The topological polar surface area (TPSA) is 241 Å². The number of hydrogen-bond donors (Lipinski definition) is 3. The zero-order chi connectivity index (χ0) is 36.5. The van der Waals surface area contributed by atoms with Crippen molar-refractivity contribution in [3.63, 3.8) is 0 Å². The molecule has 4 N–H and O–H groups in total. The maximum atomic E-state index is 12.3. The number of nitrogens with two attached hydrogens (primary N) is 1. The van der Waals surface area contributed by atoms with Gasteiger partial charge in [0.15, 0.2) is 0 Å². The van der Waals surface area contributed by atoms with E-state index in [9.17, 15) is 43.2 Å². The molecule has 272 valence electrons. The number of carbonyl (C=O) groups is 9. The molecule has 8 amide bonds. The standard InChI is InChI=1S/C32H42N6O12/c33-32(20-48-17-9-23(39)2-1-14-36-26(42)3-4-27(36)43,21-49-18-10-24(40)34-12-15-37-28(44)5-6-29(37)45)22-50-19-11-25(41)35-13-16-38-30(46)7-8-31(38)47/h3-8H,1-2,9-22,33H2,(H,34,40)(H,35,41). The Balaban J connectivity index is 1.35.